The number of hydrogen-bond donors (Lipinski definition) is 1. The second kappa shape index (κ2) is 8.91. The molecule has 2 heterocycles. The van der Waals surface area contributed by atoms with Crippen LogP contribution in [0.4, 0.5) is 5.69 Å². The lowest BCUT2D eigenvalue weighted by Gasteiger charge is -2.49. The summed E-state index contributed by atoms with van der Waals surface area (Å²) in [7, 11) is 0. The number of benzene rings is 1. The standard InChI is InChI=1S/C19H17N3O7S/c1-11-10-30-18-15(20-14(24)3-2-8-23)17(25)21(18)16(11)19(26)29-9-12-4-6-13(7-5-12)22(27)28/h2-8,15,18H,9-10H2,1H3,(H,20,24)/b3-2-/t15?,18-/m0/s1. The van der Waals surface area contributed by atoms with Gasteiger partial charge < -0.3 is 10.1 Å². The monoisotopic (exact) mass is 431 g/mol. The Hall–Kier alpha value is -3.47. The first kappa shape index (κ1) is 21.2. The van der Waals surface area contributed by atoms with Crippen molar-refractivity contribution in [1.82, 2.24) is 10.2 Å². The van der Waals surface area contributed by atoms with E-state index in [1.807, 2.05) is 0 Å². The number of nitro groups is 1. The highest BCUT2D eigenvalue weighted by molar-refractivity contribution is 8.00. The van der Waals surface area contributed by atoms with Crippen molar-refractivity contribution >= 4 is 41.5 Å². The topological polar surface area (TPSA) is 136 Å². The van der Waals surface area contributed by atoms with Crippen LogP contribution in [0.15, 0.2) is 47.7 Å². The van der Waals surface area contributed by atoms with Gasteiger partial charge in [-0.3, -0.25) is 29.4 Å². The first-order valence-corrected chi connectivity index (χ1v) is 9.85. The van der Waals surface area contributed by atoms with Crippen LogP contribution in [0.3, 0.4) is 0 Å². The Bertz CT molecular complexity index is 971. The SMILES string of the molecule is CC1=C(C(=O)OCc2ccc([N+](=O)[O-])cc2)N2C(=O)C(NC(=O)/C=C\C=O)[C@@H]2SC1. The number of aldehydes is 1. The number of non-ortho nitro benzene ring substituents is 1. The molecule has 11 heteroatoms. The molecule has 0 aliphatic carbocycles. The molecule has 0 aromatic heterocycles. The number of hydrogen-bond acceptors (Lipinski definition) is 8. The Morgan fingerprint density at radius 1 is 1.37 bits per heavy atom. The van der Waals surface area contributed by atoms with E-state index < -0.39 is 34.1 Å². The first-order chi connectivity index (χ1) is 14.3. The summed E-state index contributed by atoms with van der Waals surface area (Å²) < 4.78 is 5.30. The number of allylic oxidation sites excluding steroid dienone is 1. The van der Waals surface area contributed by atoms with E-state index in [1.54, 1.807) is 6.92 Å². The zero-order valence-corrected chi connectivity index (χ0v) is 16.6. The van der Waals surface area contributed by atoms with Crippen molar-refractivity contribution in [1.29, 1.82) is 0 Å². The third-order valence-electron chi connectivity index (χ3n) is 4.49. The van der Waals surface area contributed by atoms with Gasteiger partial charge in [-0.05, 0) is 36.3 Å². The van der Waals surface area contributed by atoms with Crippen molar-refractivity contribution in [2.45, 2.75) is 24.9 Å². The average molecular weight is 431 g/mol. The van der Waals surface area contributed by atoms with Crippen LogP contribution >= 0.6 is 11.8 Å². The highest BCUT2D eigenvalue weighted by Gasteiger charge is 2.53. The van der Waals surface area contributed by atoms with E-state index in [1.165, 1.54) is 40.9 Å². The summed E-state index contributed by atoms with van der Waals surface area (Å²) in [5.41, 5.74) is 1.30. The van der Waals surface area contributed by atoms with Crippen LogP contribution in [0.2, 0.25) is 0 Å². The fourth-order valence-corrected chi connectivity index (χ4v) is 4.31. The fraction of sp³-hybridized carbons (Fsp3) is 0.263. The van der Waals surface area contributed by atoms with Gasteiger partial charge in [0.2, 0.25) is 5.91 Å². The lowest BCUT2D eigenvalue weighted by atomic mass is 10.0. The Kier molecular flexibility index (Phi) is 6.31. The van der Waals surface area contributed by atoms with E-state index in [2.05, 4.69) is 5.32 Å². The minimum atomic E-state index is -0.802. The van der Waals surface area contributed by atoms with Crippen LogP contribution in [0.5, 0.6) is 0 Å². The fourth-order valence-electron chi connectivity index (χ4n) is 3.02. The first-order valence-electron chi connectivity index (χ1n) is 8.80. The summed E-state index contributed by atoms with van der Waals surface area (Å²) >= 11 is 1.41. The van der Waals surface area contributed by atoms with Crippen LogP contribution < -0.4 is 5.32 Å². The van der Waals surface area contributed by atoms with Crippen LogP contribution in [0.25, 0.3) is 0 Å². The molecule has 3 rings (SSSR count). The number of nitro benzene ring substituents is 1. The van der Waals surface area contributed by atoms with Crippen LogP contribution in [0.1, 0.15) is 12.5 Å². The largest absolute Gasteiger partial charge is 0.456 e. The molecule has 1 aromatic carbocycles. The Morgan fingerprint density at radius 2 is 2.07 bits per heavy atom. The summed E-state index contributed by atoms with van der Waals surface area (Å²) in [6, 6.07) is 4.79. The molecule has 1 saturated heterocycles. The average Bonchev–Trinajstić information content (AvgIpc) is 2.74. The number of thioether (sulfide) groups is 1. The molecule has 30 heavy (non-hydrogen) atoms. The van der Waals surface area contributed by atoms with Crippen molar-refractivity contribution < 1.29 is 28.8 Å². The van der Waals surface area contributed by atoms with E-state index in [-0.39, 0.29) is 18.0 Å². The Morgan fingerprint density at radius 3 is 2.70 bits per heavy atom. The second-order valence-corrected chi connectivity index (χ2v) is 7.62. The number of carbonyl (C=O) groups is 4. The van der Waals surface area contributed by atoms with Crippen molar-refractivity contribution in [2.75, 3.05) is 5.75 Å². The predicted octanol–water partition coefficient (Wildman–Crippen LogP) is 1.07. The predicted molar refractivity (Wildman–Crippen MR) is 106 cm³/mol. The van der Waals surface area contributed by atoms with E-state index in [0.29, 0.717) is 23.2 Å². The molecule has 0 radical (unpaired) electrons. The number of nitrogens with one attached hydrogen (secondary N) is 1. The maximum atomic E-state index is 12.6. The molecular formula is C19H17N3O7S. The molecule has 2 aliphatic heterocycles. The van der Waals surface area contributed by atoms with E-state index in [4.69, 9.17) is 4.74 Å². The highest BCUT2D eigenvalue weighted by atomic mass is 32.2. The van der Waals surface area contributed by atoms with E-state index >= 15 is 0 Å². The van der Waals surface area contributed by atoms with Gasteiger partial charge in [0.25, 0.3) is 11.6 Å². The lowest BCUT2D eigenvalue weighted by molar-refractivity contribution is -0.384. The summed E-state index contributed by atoms with van der Waals surface area (Å²) in [5.74, 6) is -1.22. The van der Waals surface area contributed by atoms with Crippen LogP contribution in [-0.4, -0.2) is 51.1 Å². The van der Waals surface area contributed by atoms with E-state index in [9.17, 15) is 29.3 Å². The number of rotatable bonds is 7. The maximum Gasteiger partial charge on any atom is 0.355 e. The van der Waals surface area contributed by atoms with E-state index in [0.717, 1.165) is 12.2 Å². The number of ether oxygens (including phenoxy) is 1. The molecule has 10 nitrogen and oxygen atoms in total. The molecule has 1 aromatic rings. The molecule has 0 saturated carbocycles. The second-order valence-electron chi connectivity index (χ2n) is 6.52. The van der Waals surface area contributed by atoms with Gasteiger partial charge >= 0.3 is 5.97 Å². The molecule has 0 bridgehead atoms. The van der Waals surface area contributed by atoms with Gasteiger partial charge in [-0.15, -0.1) is 11.8 Å². The minimum Gasteiger partial charge on any atom is -0.456 e. The summed E-state index contributed by atoms with van der Waals surface area (Å²) in [6.07, 6.45) is 2.50. The van der Waals surface area contributed by atoms with Crippen molar-refractivity contribution in [2.24, 2.45) is 0 Å². The quantitative estimate of drug-likeness (QED) is 0.169. The van der Waals surface area contributed by atoms with Gasteiger partial charge in [-0.2, -0.15) is 0 Å². The molecule has 156 valence electrons. The van der Waals surface area contributed by atoms with Gasteiger partial charge in [0.15, 0.2) is 0 Å². The maximum absolute atomic E-state index is 12.6. The van der Waals surface area contributed by atoms with Crippen LogP contribution in [0, 0.1) is 10.1 Å². The van der Waals surface area contributed by atoms with Crippen LogP contribution in [-0.2, 0) is 30.5 Å². The number of β-lactam (4-membered cyclic amide) rings is 1. The third kappa shape index (κ3) is 4.25. The normalized spacial score (nSPS) is 20.4. The third-order valence-corrected chi connectivity index (χ3v) is 5.92. The Balaban J connectivity index is 1.65. The summed E-state index contributed by atoms with van der Waals surface area (Å²) in [6.45, 7) is 1.61. The molecule has 2 atom stereocenters. The van der Waals surface area contributed by atoms with Gasteiger partial charge in [-0.1, -0.05) is 0 Å². The van der Waals surface area contributed by atoms with Crippen molar-refractivity contribution in [3.63, 3.8) is 0 Å². The molecule has 1 unspecified atom stereocenters. The number of esters is 1. The molecule has 1 N–H and O–H groups in total. The van der Waals surface area contributed by atoms with Gasteiger partial charge in [0, 0.05) is 24.0 Å². The van der Waals surface area contributed by atoms with Gasteiger partial charge in [0.1, 0.15) is 30.0 Å². The molecule has 2 amide bonds. The zero-order chi connectivity index (χ0) is 21.8. The summed E-state index contributed by atoms with van der Waals surface area (Å²) in [4.78, 5) is 58.7. The van der Waals surface area contributed by atoms with Crippen molar-refractivity contribution in [3.8, 4) is 0 Å². The molecule has 2 aliphatic rings. The molecular weight excluding hydrogens is 414 g/mol. The number of carbonyl (C=O) groups excluding carboxylic acids is 4. The number of fused-ring (bicyclic) bond motifs is 1. The minimum absolute atomic E-state index is 0.0713. The zero-order valence-electron chi connectivity index (χ0n) is 15.8. The smallest absolute Gasteiger partial charge is 0.355 e. The van der Waals surface area contributed by atoms with Gasteiger partial charge in [0.05, 0.1) is 4.92 Å². The van der Waals surface area contributed by atoms with Crippen molar-refractivity contribution in [3.05, 3.63) is 63.4 Å². The Labute approximate surface area is 175 Å². The molecule has 1 fully saturated rings. The molecule has 0 spiro atoms. The number of amides is 2. The summed E-state index contributed by atoms with van der Waals surface area (Å²) in [5, 5.41) is 12.8. The van der Waals surface area contributed by atoms with Gasteiger partial charge in [-0.25, -0.2) is 4.79 Å². The number of nitrogens with zero attached hydrogens (tertiary/aromatic N) is 2. The highest BCUT2D eigenvalue weighted by Crippen LogP contribution is 2.40. The lowest BCUT2D eigenvalue weighted by Crippen LogP contribution is -2.70.